The predicted molar refractivity (Wildman–Crippen MR) is 102 cm³/mol. The average Bonchev–Trinajstić information content (AvgIpc) is 2.98. The van der Waals surface area contributed by atoms with Crippen LogP contribution in [-0.4, -0.2) is 24.6 Å². The molecule has 7 heteroatoms. The molecular weight excluding hydrogens is 346 g/mol. The number of amides is 3. The topological polar surface area (TPSA) is 103 Å². The molecule has 0 radical (unpaired) electrons. The van der Waals surface area contributed by atoms with Crippen molar-refractivity contribution in [1.82, 2.24) is 5.32 Å². The van der Waals surface area contributed by atoms with Crippen LogP contribution in [0.2, 0.25) is 0 Å². The molecule has 0 unspecified atom stereocenters. The van der Waals surface area contributed by atoms with Crippen LogP contribution in [-0.2, 0) is 13.0 Å². The van der Waals surface area contributed by atoms with Gasteiger partial charge in [-0.05, 0) is 50.2 Å². The number of carbonyl (C=O) groups excluding carboxylic acids is 2. The molecule has 1 heterocycles. The lowest BCUT2D eigenvalue weighted by molar-refractivity contribution is 0.0950. The molecule has 3 rings (SSSR count). The number of ether oxygens (including phenoxy) is 2. The second-order valence-electron chi connectivity index (χ2n) is 6.38. The molecule has 27 heavy (non-hydrogen) atoms. The van der Waals surface area contributed by atoms with Crippen molar-refractivity contribution in [1.29, 1.82) is 0 Å². The molecule has 0 saturated carbocycles. The summed E-state index contributed by atoms with van der Waals surface area (Å²) >= 11 is 0. The summed E-state index contributed by atoms with van der Waals surface area (Å²) < 4.78 is 11.5. The van der Waals surface area contributed by atoms with Gasteiger partial charge in [0, 0.05) is 35.3 Å². The third-order valence-corrected chi connectivity index (χ3v) is 4.23. The molecule has 142 valence electrons. The number of nitrogens with one attached hydrogen (secondary N) is 2. The van der Waals surface area contributed by atoms with E-state index in [1.54, 1.807) is 24.3 Å². The number of anilines is 1. The largest absolute Gasteiger partial charge is 0.494 e. The van der Waals surface area contributed by atoms with Gasteiger partial charge >= 0.3 is 6.03 Å². The lowest BCUT2D eigenvalue weighted by Gasteiger charge is -2.13. The van der Waals surface area contributed by atoms with Gasteiger partial charge in [-0.3, -0.25) is 4.79 Å². The molecule has 2 aromatic rings. The van der Waals surface area contributed by atoms with Gasteiger partial charge in [0.1, 0.15) is 17.6 Å². The molecule has 0 fully saturated rings. The number of hydrogen-bond donors (Lipinski definition) is 3. The Morgan fingerprint density at radius 3 is 2.67 bits per heavy atom. The molecule has 0 saturated heterocycles. The highest BCUT2D eigenvalue weighted by molar-refractivity contribution is 5.95. The van der Waals surface area contributed by atoms with E-state index in [4.69, 9.17) is 15.2 Å². The Bertz CT molecular complexity index is 849. The van der Waals surface area contributed by atoms with Gasteiger partial charge in [0.15, 0.2) is 0 Å². The number of nitrogens with two attached hydrogens (primary N) is 1. The van der Waals surface area contributed by atoms with Crippen LogP contribution in [0.3, 0.4) is 0 Å². The first-order chi connectivity index (χ1) is 13.0. The molecule has 1 aliphatic heterocycles. The van der Waals surface area contributed by atoms with Crippen LogP contribution >= 0.6 is 0 Å². The SMILES string of the molecule is CCOc1cc2c(cc1CNC(=O)c1ccc(NC(N)=O)cc1)O[C@@H](C)C2. The van der Waals surface area contributed by atoms with E-state index in [2.05, 4.69) is 10.6 Å². The summed E-state index contributed by atoms with van der Waals surface area (Å²) in [6.07, 6.45) is 1.00. The minimum atomic E-state index is -0.649. The summed E-state index contributed by atoms with van der Waals surface area (Å²) in [7, 11) is 0. The molecule has 1 atom stereocenters. The zero-order valence-corrected chi connectivity index (χ0v) is 15.4. The van der Waals surface area contributed by atoms with Crippen LogP contribution in [0.1, 0.15) is 35.3 Å². The summed E-state index contributed by atoms with van der Waals surface area (Å²) in [5.41, 5.74) is 8.07. The molecule has 0 aromatic heterocycles. The fourth-order valence-electron chi connectivity index (χ4n) is 3.03. The highest BCUT2D eigenvalue weighted by Gasteiger charge is 2.22. The van der Waals surface area contributed by atoms with Gasteiger partial charge in [-0.15, -0.1) is 0 Å². The lowest BCUT2D eigenvalue weighted by atomic mass is 10.1. The van der Waals surface area contributed by atoms with Gasteiger partial charge < -0.3 is 25.8 Å². The van der Waals surface area contributed by atoms with E-state index in [0.717, 1.165) is 29.0 Å². The van der Waals surface area contributed by atoms with E-state index in [9.17, 15) is 9.59 Å². The Balaban J connectivity index is 1.69. The number of hydrogen-bond acceptors (Lipinski definition) is 4. The van der Waals surface area contributed by atoms with Crippen molar-refractivity contribution >= 4 is 17.6 Å². The van der Waals surface area contributed by atoms with Gasteiger partial charge in [-0.25, -0.2) is 4.79 Å². The minimum absolute atomic E-state index is 0.145. The van der Waals surface area contributed by atoms with Crippen LogP contribution in [0, 0.1) is 0 Å². The molecule has 0 aliphatic carbocycles. The smallest absolute Gasteiger partial charge is 0.316 e. The normalized spacial score (nSPS) is 14.8. The summed E-state index contributed by atoms with van der Waals surface area (Å²) in [5.74, 6) is 1.38. The van der Waals surface area contributed by atoms with Crippen LogP contribution in [0.5, 0.6) is 11.5 Å². The molecule has 2 aromatic carbocycles. The first-order valence-corrected chi connectivity index (χ1v) is 8.86. The number of benzene rings is 2. The number of fused-ring (bicyclic) bond motifs is 1. The third kappa shape index (κ3) is 4.49. The van der Waals surface area contributed by atoms with Crippen LogP contribution in [0.4, 0.5) is 10.5 Å². The van der Waals surface area contributed by atoms with E-state index in [0.29, 0.717) is 24.4 Å². The Morgan fingerprint density at radius 1 is 1.26 bits per heavy atom. The predicted octanol–water partition coefficient (Wildman–Crippen LogP) is 2.83. The van der Waals surface area contributed by atoms with E-state index >= 15 is 0 Å². The van der Waals surface area contributed by atoms with Gasteiger partial charge in [-0.1, -0.05) is 0 Å². The van der Waals surface area contributed by atoms with Crippen molar-refractivity contribution in [3.63, 3.8) is 0 Å². The maximum atomic E-state index is 12.4. The van der Waals surface area contributed by atoms with E-state index < -0.39 is 6.03 Å². The van der Waals surface area contributed by atoms with Crippen LogP contribution < -0.4 is 25.8 Å². The van der Waals surface area contributed by atoms with E-state index in [1.165, 1.54) is 0 Å². The number of primary amides is 1. The Hall–Kier alpha value is -3.22. The maximum Gasteiger partial charge on any atom is 0.316 e. The zero-order chi connectivity index (χ0) is 19.4. The highest BCUT2D eigenvalue weighted by Crippen LogP contribution is 2.35. The molecule has 1 aliphatic rings. The Labute approximate surface area is 157 Å². The minimum Gasteiger partial charge on any atom is -0.494 e. The monoisotopic (exact) mass is 369 g/mol. The Kier molecular flexibility index (Phi) is 5.49. The van der Waals surface area contributed by atoms with Crippen molar-refractivity contribution < 1.29 is 19.1 Å². The van der Waals surface area contributed by atoms with Crippen molar-refractivity contribution in [2.24, 2.45) is 5.73 Å². The summed E-state index contributed by atoms with van der Waals surface area (Å²) in [4.78, 5) is 23.3. The molecule has 3 amide bonds. The molecule has 4 N–H and O–H groups in total. The molecule has 7 nitrogen and oxygen atoms in total. The van der Waals surface area contributed by atoms with Gasteiger partial charge in [0.05, 0.1) is 6.61 Å². The lowest BCUT2D eigenvalue weighted by Crippen LogP contribution is -2.23. The Morgan fingerprint density at radius 2 is 2.00 bits per heavy atom. The quantitative estimate of drug-likeness (QED) is 0.728. The number of rotatable bonds is 6. The highest BCUT2D eigenvalue weighted by atomic mass is 16.5. The second-order valence-corrected chi connectivity index (χ2v) is 6.38. The van der Waals surface area contributed by atoms with Gasteiger partial charge in [0.2, 0.25) is 0 Å². The summed E-state index contributed by atoms with van der Waals surface area (Å²) in [5, 5.41) is 5.34. The fraction of sp³-hybridized carbons (Fsp3) is 0.300. The van der Waals surface area contributed by atoms with Gasteiger partial charge in [-0.2, -0.15) is 0 Å². The number of urea groups is 1. The maximum absolute atomic E-state index is 12.4. The average molecular weight is 369 g/mol. The van der Waals surface area contributed by atoms with Crippen LogP contribution in [0.25, 0.3) is 0 Å². The molecular formula is C20H23N3O4. The van der Waals surface area contributed by atoms with Crippen molar-refractivity contribution in [2.45, 2.75) is 32.9 Å². The second kappa shape index (κ2) is 7.99. The fourth-order valence-corrected chi connectivity index (χ4v) is 3.03. The van der Waals surface area contributed by atoms with Crippen molar-refractivity contribution in [3.8, 4) is 11.5 Å². The summed E-state index contributed by atoms with van der Waals surface area (Å²) in [6.45, 7) is 4.82. The molecule has 0 bridgehead atoms. The third-order valence-electron chi connectivity index (χ3n) is 4.23. The van der Waals surface area contributed by atoms with Crippen molar-refractivity contribution in [2.75, 3.05) is 11.9 Å². The first-order valence-electron chi connectivity index (χ1n) is 8.86. The standard InChI is InChI=1S/C20H23N3O4/c1-3-26-17-9-14-8-12(2)27-18(14)10-15(17)11-22-19(24)13-4-6-16(7-5-13)23-20(21)25/h4-7,9-10,12H,3,8,11H2,1-2H3,(H,22,24)(H3,21,23,25)/t12-/m0/s1. The zero-order valence-electron chi connectivity index (χ0n) is 15.4. The van der Waals surface area contributed by atoms with Crippen molar-refractivity contribution in [3.05, 3.63) is 53.1 Å². The van der Waals surface area contributed by atoms with E-state index in [-0.39, 0.29) is 12.0 Å². The number of carbonyl (C=O) groups is 2. The first kappa shape index (κ1) is 18.6. The summed E-state index contributed by atoms with van der Waals surface area (Å²) in [6, 6.07) is 9.77. The van der Waals surface area contributed by atoms with Gasteiger partial charge in [0.25, 0.3) is 5.91 Å². The molecule has 0 spiro atoms. The van der Waals surface area contributed by atoms with E-state index in [1.807, 2.05) is 26.0 Å². The van der Waals surface area contributed by atoms with Crippen LogP contribution in [0.15, 0.2) is 36.4 Å².